The second-order valence-corrected chi connectivity index (χ2v) is 4.09. The fraction of sp³-hybridized carbons (Fsp3) is 0.273. The maximum absolute atomic E-state index is 11.6. The first kappa shape index (κ1) is 10.2. The van der Waals surface area contributed by atoms with Crippen molar-refractivity contribution >= 4 is 23.4 Å². The lowest BCUT2D eigenvalue weighted by Gasteiger charge is -2.06. The summed E-state index contributed by atoms with van der Waals surface area (Å²) in [5.74, 6) is -1.09. The molecule has 1 aromatic carbocycles. The molecule has 15 heavy (non-hydrogen) atoms. The van der Waals surface area contributed by atoms with Gasteiger partial charge in [0.15, 0.2) is 5.78 Å². The van der Waals surface area contributed by atoms with Gasteiger partial charge in [-0.15, -0.1) is 0 Å². The van der Waals surface area contributed by atoms with Gasteiger partial charge < -0.3 is 5.11 Å². The summed E-state index contributed by atoms with van der Waals surface area (Å²) in [6.07, 6.45) is 0.280. The summed E-state index contributed by atoms with van der Waals surface area (Å²) in [7, 11) is 0. The molecule has 0 aliphatic heterocycles. The summed E-state index contributed by atoms with van der Waals surface area (Å²) in [5.41, 5.74) is 1.39. The van der Waals surface area contributed by atoms with Crippen LogP contribution in [-0.2, 0) is 4.79 Å². The summed E-state index contributed by atoms with van der Waals surface area (Å²) >= 11 is 5.77. The van der Waals surface area contributed by atoms with E-state index in [2.05, 4.69) is 0 Å². The van der Waals surface area contributed by atoms with Gasteiger partial charge in [-0.3, -0.25) is 9.59 Å². The molecule has 4 heteroatoms. The lowest BCUT2D eigenvalue weighted by atomic mass is 9.98. The van der Waals surface area contributed by atoms with Crippen molar-refractivity contribution in [3.8, 4) is 0 Å². The van der Waals surface area contributed by atoms with Crippen LogP contribution in [0.25, 0.3) is 0 Å². The maximum Gasteiger partial charge on any atom is 0.303 e. The molecule has 0 amide bonds. The van der Waals surface area contributed by atoms with Crippen molar-refractivity contribution in [3.63, 3.8) is 0 Å². The van der Waals surface area contributed by atoms with Crippen LogP contribution in [0.1, 0.15) is 34.7 Å². The Kier molecular flexibility index (Phi) is 2.49. The van der Waals surface area contributed by atoms with E-state index in [1.807, 2.05) is 0 Å². The van der Waals surface area contributed by atoms with Gasteiger partial charge in [0, 0.05) is 22.9 Å². The highest BCUT2D eigenvalue weighted by Crippen LogP contribution is 2.36. The van der Waals surface area contributed by atoms with Gasteiger partial charge in [0.05, 0.1) is 6.42 Å². The molecule has 1 unspecified atom stereocenters. The van der Waals surface area contributed by atoms with E-state index in [1.54, 1.807) is 18.2 Å². The minimum atomic E-state index is -0.879. The van der Waals surface area contributed by atoms with Crippen LogP contribution in [0.3, 0.4) is 0 Å². The highest BCUT2D eigenvalue weighted by atomic mass is 35.5. The Morgan fingerprint density at radius 2 is 2.27 bits per heavy atom. The van der Waals surface area contributed by atoms with Crippen molar-refractivity contribution in [2.75, 3.05) is 0 Å². The molecule has 0 saturated carbocycles. The fourth-order valence-corrected chi connectivity index (χ4v) is 2.13. The summed E-state index contributed by atoms with van der Waals surface area (Å²) in [6.45, 7) is 0. The van der Waals surface area contributed by atoms with Crippen LogP contribution < -0.4 is 0 Å². The topological polar surface area (TPSA) is 54.4 Å². The first-order valence-corrected chi connectivity index (χ1v) is 5.00. The van der Waals surface area contributed by atoms with Gasteiger partial charge in [-0.05, 0) is 17.7 Å². The third-order valence-electron chi connectivity index (χ3n) is 2.61. The Morgan fingerprint density at radius 1 is 1.53 bits per heavy atom. The first-order chi connectivity index (χ1) is 7.08. The van der Waals surface area contributed by atoms with Gasteiger partial charge in [0.25, 0.3) is 0 Å². The number of aliphatic carboxylic acids is 1. The van der Waals surface area contributed by atoms with Gasteiger partial charge in [-0.25, -0.2) is 0 Å². The molecule has 1 aromatic rings. The van der Waals surface area contributed by atoms with Crippen molar-refractivity contribution in [1.82, 2.24) is 0 Å². The smallest absolute Gasteiger partial charge is 0.303 e. The molecule has 1 N–H and O–H groups in total. The lowest BCUT2D eigenvalue weighted by molar-refractivity contribution is -0.137. The molecule has 1 aliphatic carbocycles. The van der Waals surface area contributed by atoms with Crippen molar-refractivity contribution in [3.05, 3.63) is 34.3 Å². The number of carbonyl (C=O) groups excluding carboxylic acids is 1. The monoisotopic (exact) mass is 224 g/mol. The molecule has 0 bridgehead atoms. The van der Waals surface area contributed by atoms with Crippen LogP contribution in [0.4, 0.5) is 0 Å². The molecule has 1 aliphatic rings. The number of rotatable bonds is 2. The Balaban J connectivity index is 2.38. The van der Waals surface area contributed by atoms with Crippen LogP contribution in [-0.4, -0.2) is 16.9 Å². The Hall–Kier alpha value is -1.35. The molecule has 0 spiro atoms. The summed E-state index contributed by atoms with van der Waals surface area (Å²) < 4.78 is 0. The van der Waals surface area contributed by atoms with E-state index in [-0.39, 0.29) is 24.5 Å². The van der Waals surface area contributed by atoms with Crippen LogP contribution in [0.15, 0.2) is 18.2 Å². The van der Waals surface area contributed by atoms with Crippen molar-refractivity contribution in [2.24, 2.45) is 0 Å². The predicted octanol–water partition coefficient (Wildman–Crippen LogP) is 2.48. The zero-order valence-electron chi connectivity index (χ0n) is 7.87. The maximum atomic E-state index is 11.6. The van der Waals surface area contributed by atoms with Crippen molar-refractivity contribution < 1.29 is 14.7 Å². The quantitative estimate of drug-likeness (QED) is 0.840. The average Bonchev–Trinajstić information content (AvgIpc) is 2.42. The molecule has 2 rings (SSSR count). The predicted molar refractivity (Wildman–Crippen MR) is 55.4 cm³/mol. The Morgan fingerprint density at radius 3 is 2.93 bits per heavy atom. The molecule has 1 atom stereocenters. The van der Waals surface area contributed by atoms with Crippen LogP contribution >= 0.6 is 11.6 Å². The Labute approximate surface area is 91.7 Å². The van der Waals surface area contributed by atoms with E-state index < -0.39 is 5.97 Å². The standard InChI is InChI=1S/C11H9ClO3/c12-7-1-2-8-6(4-11(14)15)3-10(13)9(8)5-7/h1-2,5-6H,3-4H2,(H,14,15). The molecule has 0 radical (unpaired) electrons. The van der Waals surface area contributed by atoms with E-state index in [4.69, 9.17) is 16.7 Å². The lowest BCUT2D eigenvalue weighted by Crippen LogP contribution is -2.03. The zero-order chi connectivity index (χ0) is 11.0. The normalized spacial score (nSPS) is 19.0. The molecule has 0 heterocycles. The Bertz CT molecular complexity index is 439. The summed E-state index contributed by atoms with van der Waals surface area (Å²) in [4.78, 5) is 22.2. The van der Waals surface area contributed by atoms with Crippen molar-refractivity contribution in [1.29, 1.82) is 0 Å². The van der Waals surface area contributed by atoms with E-state index in [0.717, 1.165) is 5.56 Å². The molecule has 0 saturated heterocycles. The first-order valence-electron chi connectivity index (χ1n) is 4.62. The van der Waals surface area contributed by atoms with E-state index in [0.29, 0.717) is 10.6 Å². The number of halogens is 1. The molecular formula is C11H9ClO3. The van der Waals surface area contributed by atoms with Gasteiger partial charge in [0.1, 0.15) is 0 Å². The second-order valence-electron chi connectivity index (χ2n) is 3.65. The number of hydrogen-bond acceptors (Lipinski definition) is 2. The van der Waals surface area contributed by atoms with Gasteiger partial charge in [-0.2, -0.15) is 0 Å². The van der Waals surface area contributed by atoms with E-state index in [1.165, 1.54) is 0 Å². The minimum Gasteiger partial charge on any atom is -0.481 e. The molecule has 78 valence electrons. The highest BCUT2D eigenvalue weighted by molar-refractivity contribution is 6.31. The zero-order valence-corrected chi connectivity index (χ0v) is 8.62. The third kappa shape index (κ3) is 1.88. The van der Waals surface area contributed by atoms with Gasteiger partial charge in [-0.1, -0.05) is 17.7 Å². The number of hydrogen-bond donors (Lipinski definition) is 1. The van der Waals surface area contributed by atoms with Gasteiger partial charge in [0.2, 0.25) is 0 Å². The number of fused-ring (bicyclic) bond motifs is 1. The largest absolute Gasteiger partial charge is 0.481 e. The minimum absolute atomic E-state index is 0.000369. The molecule has 0 aromatic heterocycles. The van der Waals surface area contributed by atoms with Crippen molar-refractivity contribution in [2.45, 2.75) is 18.8 Å². The number of ketones is 1. The highest BCUT2D eigenvalue weighted by Gasteiger charge is 2.30. The fourth-order valence-electron chi connectivity index (χ4n) is 1.96. The van der Waals surface area contributed by atoms with Crippen LogP contribution in [0.2, 0.25) is 5.02 Å². The summed E-state index contributed by atoms with van der Waals surface area (Å²) in [6, 6.07) is 5.05. The van der Waals surface area contributed by atoms with Crippen LogP contribution in [0.5, 0.6) is 0 Å². The number of carboxylic acid groups (broad SMARTS) is 1. The van der Waals surface area contributed by atoms with Crippen LogP contribution in [0, 0.1) is 0 Å². The number of carbonyl (C=O) groups is 2. The third-order valence-corrected chi connectivity index (χ3v) is 2.84. The number of benzene rings is 1. The SMILES string of the molecule is O=C(O)CC1CC(=O)c2cc(Cl)ccc21. The molecular weight excluding hydrogens is 216 g/mol. The molecule has 3 nitrogen and oxygen atoms in total. The summed E-state index contributed by atoms with van der Waals surface area (Å²) in [5, 5.41) is 9.22. The number of carboxylic acids is 1. The average molecular weight is 225 g/mol. The van der Waals surface area contributed by atoms with E-state index >= 15 is 0 Å². The second kappa shape index (κ2) is 3.66. The van der Waals surface area contributed by atoms with Gasteiger partial charge >= 0.3 is 5.97 Å². The molecule has 0 fully saturated rings. The number of Topliss-reactive ketones (excluding diaryl/α,β-unsaturated/α-hetero) is 1. The van der Waals surface area contributed by atoms with E-state index in [9.17, 15) is 9.59 Å².